The fraction of sp³-hybridized carbons (Fsp3) is 0.462. The second-order valence-corrected chi connectivity index (χ2v) is 3.74. The molecule has 0 aromatic carbocycles. The Balaban J connectivity index is 0.00000172. The van der Waals surface area contributed by atoms with Crippen LogP contribution < -0.4 is 0 Å². The van der Waals surface area contributed by atoms with Gasteiger partial charge < -0.3 is 14.0 Å². The Labute approximate surface area is 122 Å². The van der Waals surface area contributed by atoms with Gasteiger partial charge in [0.05, 0.1) is 24.3 Å². The average Bonchev–Trinajstić information content (AvgIpc) is 2.75. The van der Waals surface area contributed by atoms with Crippen molar-refractivity contribution in [2.24, 2.45) is 7.05 Å². The van der Waals surface area contributed by atoms with E-state index < -0.39 is 17.7 Å². The molecule has 1 rings (SSSR count). The van der Waals surface area contributed by atoms with Gasteiger partial charge >= 0.3 is 11.9 Å². The Morgan fingerprint density at radius 2 is 1.85 bits per heavy atom. The molecule has 0 atom stereocenters. The number of halogens is 1. The summed E-state index contributed by atoms with van der Waals surface area (Å²) >= 11 is 5.89. The maximum absolute atomic E-state index is 11.7. The predicted octanol–water partition coefficient (Wildman–Crippen LogP) is 2.24. The molecule has 0 spiro atoms. The van der Waals surface area contributed by atoms with Crippen LogP contribution in [0, 0.1) is 0 Å². The van der Waals surface area contributed by atoms with Gasteiger partial charge in [0.15, 0.2) is 0 Å². The number of esters is 2. The summed E-state index contributed by atoms with van der Waals surface area (Å²) in [4.78, 5) is 34.4. The number of hydrogen-bond acceptors (Lipinski definition) is 5. The van der Waals surface area contributed by atoms with E-state index in [4.69, 9.17) is 11.6 Å². The Morgan fingerprint density at radius 1 is 1.30 bits per heavy atom. The van der Waals surface area contributed by atoms with Crippen LogP contribution in [0.4, 0.5) is 0 Å². The summed E-state index contributed by atoms with van der Waals surface area (Å²) < 4.78 is 10.4. The largest absolute Gasteiger partial charge is 0.464 e. The van der Waals surface area contributed by atoms with Gasteiger partial charge in [-0.05, 0) is 6.92 Å². The van der Waals surface area contributed by atoms with Crippen LogP contribution in [-0.2, 0) is 21.3 Å². The lowest BCUT2D eigenvalue weighted by Crippen LogP contribution is -2.17. The van der Waals surface area contributed by atoms with Crippen molar-refractivity contribution in [1.82, 2.24) is 4.57 Å². The van der Waals surface area contributed by atoms with E-state index in [2.05, 4.69) is 9.47 Å². The first-order valence-electron chi connectivity index (χ1n) is 6.08. The van der Waals surface area contributed by atoms with Gasteiger partial charge in [-0.3, -0.25) is 4.79 Å². The second kappa shape index (κ2) is 8.37. The summed E-state index contributed by atoms with van der Waals surface area (Å²) in [5.41, 5.74) is -0.0789. The van der Waals surface area contributed by atoms with E-state index in [1.807, 2.05) is 13.8 Å². The SMILES string of the molecule is CC.CCOC(=O)C(=O)c1cn(C)c(C(=O)OC)c1Cl. The minimum absolute atomic E-state index is 0.00631. The smallest absolute Gasteiger partial charge is 0.379 e. The zero-order chi connectivity index (χ0) is 15.9. The third-order valence-corrected chi connectivity index (χ3v) is 2.59. The lowest BCUT2D eigenvalue weighted by atomic mass is 10.2. The summed E-state index contributed by atoms with van der Waals surface area (Å²) in [6, 6.07) is 0. The molecule has 1 heterocycles. The van der Waals surface area contributed by atoms with Gasteiger partial charge in [-0.25, -0.2) is 9.59 Å². The molecule has 7 heteroatoms. The first-order valence-corrected chi connectivity index (χ1v) is 6.46. The molecular formula is C13H18ClNO5. The summed E-state index contributed by atoms with van der Waals surface area (Å²) in [7, 11) is 2.71. The van der Waals surface area contributed by atoms with Crippen molar-refractivity contribution >= 4 is 29.3 Å². The molecule has 0 radical (unpaired) electrons. The number of methoxy groups -OCH3 is 1. The highest BCUT2D eigenvalue weighted by Crippen LogP contribution is 2.24. The van der Waals surface area contributed by atoms with Crippen LogP contribution in [0.2, 0.25) is 5.02 Å². The van der Waals surface area contributed by atoms with Crippen LogP contribution >= 0.6 is 11.6 Å². The fourth-order valence-corrected chi connectivity index (χ4v) is 1.74. The summed E-state index contributed by atoms with van der Waals surface area (Å²) in [6.45, 7) is 5.66. The number of rotatable bonds is 4. The van der Waals surface area contributed by atoms with Crippen molar-refractivity contribution in [3.8, 4) is 0 Å². The Bertz CT molecular complexity index is 507. The van der Waals surface area contributed by atoms with Gasteiger partial charge in [-0.1, -0.05) is 25.4 Å². The van der Waals surface area contributed by atoms with E-state index >= 15 is 0 Å². The Kier molecular flexibility index (Phi) is 7.61. The van der Waals surface area contributed by atoms with Crippen molar-refractivity contribution in [3.05, 3.63) is 22.5 Å². The van der Waals surface area contributed by atoms with E-state index in [-0.39, 0.29) is 22.9 Å². The summed E-state index contributed by atoms with van der Waals surface area (Å²) in [6.07, 6.45) is 1.29. The van der Waals surface area contributed by atoms with Gasteiger partial charge in [0.1, 0.15) is 5.69 Å². The number of hydrogen-bond donors (Lipinski definition) is 0. The minimum Gasteiger partial charge on any atom is -0.464 e. The van der Waals surface area contributed by atoms with E-state index in [1.165, 1.54) is 24.9 Å². The second-order valence-electron chi connectivity index (χ2n) is 3.36. The van der Waals surface area contributed by atoms with Gasteiger partial charge in [-0.15, -0.1) is 0 Å². The number of carbonyl (C=O) groups excluding carboxylic acids is 3. The normalized spacial score (nSPS) is 9.30. The molecule has 0 aliphatic rings. The fourth-order valence-electron chi connectivity index (χ4n) is 1.39. The zero-order valence-corrected chi connectivity index (χ0v) is 12.9. The Morgan fingerprint density at radius 3 is 2.30 bits per heavy atom. The van der Waals surface area contributed by atoms with Crippen LogP contribution in [-0.4, -0.2) is 36.0 Å². The molecule has 0 fully saturated rings. The molecule has 6 nitrogen and oxygen atoms in total. The molecule has 0 unspecified atom stereocenters. The van der Waals surface area contributed by atoms with E-state index in [9.17, 15) is 14.4 Å². The summed E-state index contributed by atoms with van der Waals surface area (Å²) in [5, 5.41) is -0.123. The molecule has 0 aliphatic carbocycles. The maximum atomic E-state index is 11.7. The van der Waals surface area contributed by atoms with E-state index in [1.54, 1.807) is 6.92 Å². The van der Waals surface area contributed by atoms with Crippen LogP contribution in [0.1, 0.15) is 41.6 Å². The van der Waals surface area contributed by atoms with Gasteiger partial charge in [-0.2, -0.15) is 0 Å². The summed E-state index contributed by atoms with van der Waals surface area (Å²) in [5.74, 6) is -2.60. The van der Waals surface area contributed by atoms with Gasteiger partial charge in [0.25, 0.3) is 5.78 Å². The number of aryl methyl sites for hydroxylation is 1. The maximum Gasteiger partial charge on any atom is 0.379 e. The van der Waals surface area contributed by atoms with E-state index in [0.717, 1.165) is 0 Å². The first kappa shape index (κ1) is 18.2. The van der Waals surface area contributed by atoms with Crippen LogP contribution in [0.5, 0.6) is 0 Å². The number of Topliss-reactive ketones (excluding diaryl/α,β-unsaturated/α-hetero) is 1. The highest BCUT2D eigenvalue weighted by Gasteiger charge is 2.27. The predicted molar refractivity (Wildman–Crippen MR) is 74.1 cm³/mol. The molecule has 0 bridgehead atoms. The third-order valence-electron chi connectivity index (χ3n) is 2.20. The minimum atomic E-state index is -1.01. The number of carbonyl (C=O) groups is 3. The first-order chi connectivity index (χ1) is 9.43. The topological polar surface area (TPSA) is 74.6 Å². The van der Waals surface area contributed by atoms with Crippen LogP contribution in [0.15, 0.2) is 6.20 Å². The molecule has 0 saturated heterocycles. The number of ketones is 1. The van der Waals surface area contributed by atoms with Crippen molar-refractivity contribution in [2.75, 3.05) is 13.7 Å². The third kappa shape index (κ3) is 3.84. The van der Waals surface area contributed by atoms with Crippen molar-refractivity contribution in [2.45, 2.75) is 20.8 Å². The molecular weight excluding hydrogens is 286 g/mol. The Hall–Kier alpha value is -1.82. The highest BCUT2D eigenvalue weighted by atomic mass is 35.5. The van der Waals surface area contributed by atoms with Gasteiger partial charge in [0.2, 0.25) is 0 Å². The quantitative estimate of drug-likeness (QED) is 0.484. The van der Waals surface area contributed by atoms with Crippen molar-refractivity contribution in [1.29, 1.82) is 0 Å². The molecule has 0 aliphatic heterocycles. The van der Waals surface area contributed by atoms with E-state index in [0.29, 0.717) is 0 Å². The van der Waals surface area contributed by atoms with Crippen molar-refractivity contribution in [3.63, 3.8) is 0 Å². The lowest BCUT2D eigenvalue weighted by Gasteiger charge is -2.01. The van der Waals surface area contributed by atoms with Crippen LogP contribution in [0.25, 0.3) is 0 Å². The monoisotopic (exact) mass is 303 g/mol. The standard InChI is InChI=1S/C11H12ClNO5.C2H6/c1-4-18-11(16)9(14)6-5-13(2)8(7(6)12)10(15)17-3;1-2/h5H,4H2,1-3H3;1-2H3. The molecule has 20 heavy (non-hydrogen) atoms. The highest BCUT2D eigenvalue weighted by molar-refractivity contribution is 6.46. The van der Waals surface area contributed by atoms with Crippen molar-refractivity contribution < 1.29 is 23.9 Å². The molecule has 1 aromatic rings. The average molecular weight is 304 g/mol. The number of ether oxygens (including phenoxy) is 2. The number of nitrogens with zero attached hydrogens (tertiary/aromatic N) is 1. The molecule has 0 N–H and O–H groups in total. The molecule has 112 valence electrons. The number of aromatic nitrogens is 1. The zero-order valence-electron chi connectivity index (χ0n) is 12.2. The van der Waals surface area contributed by atoms with Gasteiger partial charge in [0, 0.05) is 13.2 Å². The van der Waals surface area contributed by atoms with Crippen LogP contribution in [0.3, 0.4) is 0 Å². The molecule has 1 aromatic heterocycles. The molecule has 0 amide bonds. The molecule has 0 saturated carbocycles. The lowest BCUT2D eigenvalue weighted by molar-refractivity contribution is -0.137.